The number of benzene rings is 1. The minimum absolute atomic E-state index is 0.452. The zero-order chi connectivity index (χ0) is 18.6. The van der Waals surface area contributed by atoms with E-state index in [2.05, 4.69) is 29.4 Å². The van der Waals surface area contributed by atoms with Gasteiger partial charge in [0.15, 0.2) is 5.96 Å². The van der Waals surface area contributed by atoms with Crippen LogP contribution in [0, 0.1) is 5.92 Å². The summed E-state index contributed by atoms with van der Waals surface area (Å²) in [5, 5.41) is 16.9. The molecule has 1 aliphatic rings. The number of hydrogen-bond donors (Lipinski definition) is 3. The van der Waals surface area contributed by atoms with Crippen molar-refractivity contribution in [3.8, 4) is 0 Å². The molecule has 1 aliphatic heterocycles. The van der Waals surface area contributed by atoms with Crippen molar-refractivity contribution in [2.75, 3.05) is 52.5 Å². The van der Waals surface area contributed by atoms with Gasteiger partial charge >= 0.3 is 0 Å². The summed E-state index contributed by atoms with van der Waals surface area (Å²) in [6.45, 7) is 11.4. The first-order chi connectivity index (χ1) is 12.7. The van der Waals surface area contributed by atoms with Crippen molar-refractivity contribution >= 4 is 5.96 Å². The van der Waals surface area contributed by atoms with Crippen molar-refractivity contribution in [3.63, 3.8) is 0 Å². The summed E-state index contributed by atoms with van der Waals surface area (Å²) in [5.74, 6) is 1.32. The quantitative estimate of drug-likeness (QED) is 0.460. The maximum Gasteiger partial charge on any atom is 0.191 e. The summed E-state index contributed by atoms with van der Waals surface area (Å²) in [7, 11) is 0. The molecule has 6 nitrogen and oxygen atoms in total. The Labute approximate surface area is 157 Å². The maximum atomic E-state index is 10.2. The molecule has 1 saturated heterocycles. The van der Waals surface area contributed by atoms with Crippen LogP contribution in [0.1, 0.15) is 31.9 Å². The van der Waals surface area contributed by atoms with Gasteiger partial charge in [-0.2, -0.15) is 0 Å². The lowest BCUT2D eigenvalue weighted by atomic mass is 10.1. The van der Waals surface area contributed by atoms with E-state index >= 15 is 0 Å². The van der Waals surface area contributed by atoms with E-state index in [9.17, 15) is 5.11 Å². The monoisotopic (exact) mass is 362 g/mol. The fraction of sp³-hybridized carbons (Fsp3) is 0.650. The smallest absolute Gasteiger partial charge is 0.191 e. The summed E-state index contributed by atoms with van der Waals surface area (Å²) >= 11 is 0. The first-order valence-electron chi connectivity index (χ1n) is 9.74. The topological polar surface area (TPSA) is 69.1 Å². The molecule has 2 unspecified atom stereocenters. The molecule has 146 valence electrons. The van der Waals surface area contributed by atoms with Crippen molar-refractivity contribution in [1.82, 2.24) is 15.5 Å². The Kier molecular flexibility index (Phi) is 9.45. The SMILES string of the molecule is CCNC(=NCC(C)CN1CCOCC1)NCCC(O)c1ccccc1. The first-order valence-corrected chi connectivity index (χ1v) is 9.74. The van der Waals surface area contributed by atoms with E-state index in [0.717, 1.165) is 57.5 Å². The molecule has 0 aliphatic carbocycles. The van der Waals surface area contributed by atoms with Crippen molar-refractivity contribution < 1.29 is 9.84 Å². The molecule has 6 heteroatoms. The van der Waals surface area contributed by atoms with Gasteiger partial charge in [0.2, 0.25) is 0 Å². The number of aliphatic hydroxyl groups is 1. The van der Waals surface area contributed by atoms with Crippen LogP contribution in [-0.4, -0.2) is 68.4 Å². The summed E-state index contributed by atoms with van der Waals surface area (Å²) in [5.41, 5.74) is 0.954. The normalized spacial score (nSPS) is 18.3. The van der Waals surface area contributed by atoms with Crippen LogP contribution in [0.25, 0.3) is 0 Å². The highest BCUT2D eigenvalue weighted by Gasteiger charge is 2.13. The Morgan fingerprint density at radius 3 is 2.65 bits per heavy atom. The van der Waals surface area contributed by atoms with Crippen molar-refractivity contribution in [1.29, 1.82) is 0 Å². The van der Waals surface area contributed by atoms with Gasteiger partial charge in [-0.25, -0.2) is 0 Å². The summed E-state index contributed by atoms with van der Waals surface area (Å²) in [6.07, 6.45) is 0.199. The average molecular weight is 363 g/mol. The molecule has 0 amide bonds. The Morgan fingerprint density at radius 2 is 1.96 bits per heavy atom. The number of rotatable bonds is 9. The fourth-order valence-corrected chi connectivity index (χ4v) is 3.04. The van der Waals surface area contributed by atoms with E-state index in [1.165, 1.54) is 0 Å². The molecule has 0 aromatic heterocycles. The average Bonchev–Trinajstić information content (AvgIpc) is 2.67. The third-order valence-corrected chi connectivity index (χ3v) is 4.47. The molecule has 0 saturated carbocycles. The molecular weight excluding hydrogens is 328 g/mol. The Morgan fingerprint density at radius 1 is 1.23 bits per heavy atom. The number of aliphatic hydroxyl groups excluding tert-OH is 1. The molecule has 1 fully saturated rings. The lowest BCUT2D eigenvalue weighted by Crippen LogP contribution is -2.40. The second-order valence-corrected chi connectivity index (χ2v) is 6.88. The van der Waals surface area contributed by atoms with Gasteiger partial charge in [-0.15, -0.1) is 0 Å². The van der Waals surface area contributed by atoms with Crippen molar-refractivity contribution in [2.45, 2.75) is 26.4 Å². The van der Waals surface area contributed by atoms with Crippen LogP contribution < -0.4 is 10.6 Å². The highest BCUT2D eigenvalue weighted by Crippen LogP contribution is 2.14. The van der Waals surface area contributed by atoms with Gasteiger partial charge in [-0.05, 0) is 24.8 Å². The summed E-state index contributed by atoms with van der Waals surface area (Å²) in [4.78, 5) is 7.15. The highest BCUT2D eigenvalue weighted by molar-refractivity contribution is 5.79. The maximum absolute atomic E-state index is 10.2. The standard InChI is InChI=1S/C20H34N4O2/c1-3-21-20(22-10-9-19(25)18-7-5-4-6-8-18)23-15-17(2)16-24-11-13-26-14-12-24/h4-8,17,19,25H,3,9-16H2,1-2H3,(H2,21,22,23). The first kappa shape index (κ1) is 20.7. The van der Waals surface area contributed by atoms with Crippen LogP contribution in [0.15, 0.2) is 35.3 Å². The minimum atomic E-state index is -0.452. The molecule has 2 atom stereocenters. The van der Waals surface area contributed by atoms with Crippen molar-refractivity contribution in [2.24, 2.45) is 10.9 Å². The summed E-state index contributed by atoms with van der Waals surface area (Å²) < 4.78 is 5.40. The second-order valence-electron chi connectivity index (χ2n) is 6.88. The largest absolute Gasteiger partial charge is 0.388 e. The number of ether oxygens (including phenoxy) is 1. The predicted molar refractivity (Wildman–Crippen MR) is 106 cm³/mol. The van der Waals surface area contributed by atoms with Crippen LogP contribution in [0.2, 0.25) is 0 Å². The third-order valence-electron chi connectivity index (χ3n) is 4.47. The molecule has 0 spiro atoms. The zero-order valence-electron chi connectivity index (χ0n) is 16.2. The number of aliphatic imine (C=N–C) groups is 1. The van der Waals surface area contributed by atoms with E-state index in [1.807, 2.05) is 30.3 Å². The van der Waals surface area contributed by atoms with Gasteiger partial charge < -0.3 is 20.5 Å². The van der Waals surface area contributed by atoms with E-state index in [1.54, 1.807) is 0 Å². The number of hydrogen-bond acceptors (Lipinski definition) is 4. The number of morpholine rings is 1. The molecule has 1 heterocycles. The number of nitrogens with zero attached hydrogens (tertiary/aromatic N) is 2. The van der Waals surface area contributed by atoms with Crippen LogP contribution in [-0.2, 0) is 4.74 Å². The number of nitrogens with one attached hydrogen (secondary N) is 2. The highest BCUT2D eigenvalue weighted by atomic mass is 16.5. The van der Waals surface area contributed by atoms with Gasteiger partial charge in [0, 0.05) is 39.3 Å². The van der Waals surface area contributed by atoms with Gasteiger partial charge in [0.1, 0.15) is 0 Å². The van der Waals surface area contributed by atoms with Crippen molar-refractivity contribution in [3.05, 3.63) is 35.9 Å². The molecule has 1 aromatic rings. The van der Waals surface area contributed by atoms with Gasteiger partial charge in [0.05, 0.1) is 19.3 Å². The van der Waals surface area contributed by atoms with E-state index in [4.69, 9.17) is 9.73 Å². The molecule has 2 rings (SSSR count). The summed E-state index contributed by atoms with van der Waals surface area (Å²) in [6, 6.07) is 9.78. The molecule has 26 heavy (non-hydrogen) atoms. The molecule has 3 N–H and O–H groups in total. The predicted octanol–water partition coefficient (Wildman–Crippen LogP) is 1.63. The molecular formula is C20H34N4O2. The molecule has 0 bridgehead atoms. The lowest BCUT2D eigenvalue weighted by molar-refractivity contribution is 0.0323. The van der Waals surface area contributed by atoms with E-state index in [0.29, 0.717) is 18.9 Å². The van der Waals surface area contributed by atoms with E-state index in [-0.39, 0.29) is 0 Å². The Hall–Kier alpha value is -1.63. The Bertz CT molecular complexity index is 518. The molecule has 0 radical (unpaired) electrons. The molecule has 1 aromatic carbocycles. The van der Waals surface area contributed by atoms with Crippen LogP contribution >= 0.6 is 0 Å². The Balaban J connectivity index is 1.73. The van der Waals surface area contributed by atoms with Crippen LogP contribution in [0.4, 0.5) is 0 Å². The fourth-order valence-electron chi connectivity index (χ4n) is 3.04. The van der Waals surface area contributed by atoms with Gasteiger partial charge in [-0.3, -0.25) is 9.89 Å². The third kappa shape index (κ3) is 7.72. The zero-order valence-corrected chi connectivity index (χ0v) is 16.2. The minimum Gasteiger partial charge on any atom is -0.388 e. The van der Waals surface area contributed by atoms with E-state index < -0.39 is 6.10 Å². The lowest BCUT2D eigenvalue weighted by Gasteiger charge is -2.28. The second kappa shape index (κ2) is 11.9. The number of guanidine groups is 1. The van der Waals surface area contributed by atoms with Crippen LogP contribution in [0.5, 0.6) is 0 Å². The van der Waals surface area contributed by atoms with Gasteiger partial charge in [0.25, 0.3) is 0 Å². The van der Waals surface area contributed by atoms with Gasteiger partial charge in [-0.1, -0.05) is 37.3 Å². The van der Waals surface area contributed by atoms with Crippen LogP contribution in [0.3, 0.4) is 0 Å².